The zero-order chi connectivity index (χ0) is 24.6. The van der Waals surface area contributed by atoms with E-state index in [1.165, 1.54) is 7.11 Å². The highest BCUT2D eigenvalue weighted by Gasteiger charge is 2.30. The number of nitrogens with two attached hydrogens (primary N) is 1. The molecule has 2 heterocycles. The van der Waals surface area contributed by atoms with Gasteiger partial charge in [-0.1, -0.05) is 0 Å². The normalized spacial score (nSPS) is 20.7. The third-order valence-electron chi connectivity index (χ3n) is 6.18. The van der Waals surface area contributed by atoms with Crippen molar-refractivity contribution in [2.24, 2.45) is 17.6 Å². The van der Waals surface area contributed by atoms with Crippen LogP contribution >= 0.6 is 0 Å². The molecule has 10 nitrogen and oxygen atoms in total. The molecule has 33 heavy (non-hydrogen) atoms. The number of rotatable bonds is 7. The molecule has 0 aromatic rings. The van der Waals surface area contributed by atoms with Crippen molar-refractivity contribution in [3.8, 4) is 0 Å². The van der Waals surface area contributed by atoms with E-state index < -0.39 is 17.6 Å². The van der Waals surface area contributed by atoms with Crippen molar-refractivity contribution in [3.63, 3.8) is 0 Å². The first-order valence-corrected chi connectivity index (χ1v) is 11.9. The Balaban J connectivity index is 1.71. The van der Waals surface area contributed by atoms with Gasteiger partial charge in [0.2, 0.25) is 11.8 Å². The third kappa shape index (κ3) is 8.83. The molecular formula is C23H40N4O6. The molecule has 2 aliphatic rings. The lowest BCUT2D eigenvalue weighted by molar-refractivity contribution is -0.142. The zero-order valence-electron chi connectivity index (χ0n) is 20.4. The van der Waals surface area contributed by atoms with Crippen molar-refractivity contribution in [2.75, 3.05) is 39.8 Å². The minimum absolute atomic E-state index is 0.0119. The number of piperidine rings is 2. The summed E-state index contributed by atoms with van der Waals surface area (Å²) in [6.07, 6.45) is 4.13. The van der Waals surface area contributed by atoms with Crippen LogP contribution in [0.1, 0.15) is 59.3 Å². The first kappa shape index (κ1) is 26.9. The van der Waals surface area contributed by atoms with Crippen LogP contribution in [0.2, 0.25) is 0 Å². The molecule has 1 unspecified atom stereocenters. The smallest absolute Gasteiger partial charge is 0.410 e. The molecule has 0 aromatic heterocycles. The van der Waals surface area contributed by atoms with Crippen molar-refractivity contribution in [3.05, 3.63) is 0 Å². The fourth-order valence-corrected chi connectivity index (χ4v) is 4.22. The first-order valence-electron chi connectivity index (χ1n) is 11.9. The quantitative estimate of drug-likeness (QED) is 0.538. The van der Waals surface area contributed by atoms with Gasteiger partial charge in [-0.25, -0.2) is 4.79 Å². The number of esters is 1. The number of nitrogens with zero attached hydrogens (tertiary/aromatic N) is 2. The van der Waals surface area contributed by atoms with Gasteiger partial charge in [0.25, 0.3) is 0 Å². The second kappa shape index (κ2) is 12.2. The maximum Gasteiger partial charge on any atom is 0.410 e. The highest BCUT2D eigenvalue weighted by atomic mass is 16.6. The molecule has 0 radical (unpaired) electrons. The largest absolute Gasteiger partial charge is 0.468 e. The van der Waals surface area contributed by atoms with Crippen LogP contribution in [0, 0.1) is 11.8 Å². The van der Waals surface area contributed by atoms with Crippen molar-refractivity contribution in [1.29, 1.82) is 0 Å². The van der Waals surface area contributed by atoms with E-state index in [0.717, 1.165) is 25.7 Å². The number of carbonyl (C=O) groups is 4. The van der Waals surface area contributed by atoms with Gasteiger partial charge in [-0.15, -0.1) is 0 Å². The van der Waals surface area contributed by atoms with Crippen LogP contribution in [-0.2, 0) is 23.9 Å². The zero-order valence-corrected chi connectivity index (χ0v) is 20.4. The van der Waals surface area contributed by atoms with E-state index in [4.69, 9.17) is 10.5 Å². The third-order valence-corrected chi connectivity index (χ3v) is 6.18. The lowest BCUT2D eigenvalue weighted by Crippen LogP contribution is -2.49. The molecule has 0 bridgehead atoms. The van der Waals surface area contributed by atoms with Gasteiger partial charge in [-0.3, -0.25) is 14.4 Å². The van der Waals surface area contributed by atoms with E-state index in [-0.39, 0.29) is 30.4 Å². The highest BCUT2D eigenvalue weighted by molar-refractivity contribution is 5.82. The molecule has 2 saturated heterocycles. The summed E-state index contributed by atoms with van der Waals surface area (Å²) in [4.78, 5) is 52.3. The summed E-state index contributed by atoms with van der Waals surface area (Å²) < 4.78 is 9.99. The Hall–Kier alpha value is -2.36. The number of methoxy groups -OCH3 is 1. The molecule has 10 heteroatoms. The molecule has 2 fully saturated rings. The number of hydrogen-bond donors (Lipinski definition) is 2. The Labute approximate surface area is 196 Å². The summed E-state index contributed by atoms with van der Waals surface area (Å²) in [6, 6.07) is -0.901. The van der Waals surface area contributed by atoms with Crippen LogP contribution in [0.3, 0.4) is 0 Å². The Kier molecular flexibility index (Phi) is 9.94. The number of amides is 3. The summed E-state index contributed by atoms with van der Waals surface area (Å²) in [5.74, 6) is -0.608. The van der Waals surface area contributed by atoms with Crippen LogP contribution in [0.4, 0.5) is 4.79 Å². The van der Waals surface area contributed by atoms with Crippen molar-refractivity contribution < 1.29 is 28.7 Å². The molecule has 2 atom stereocenters. The maximum absolute atomic E-state index is 12.8. The monoisotopic (exact) mass is 468 g/mol. The topological polar surface area (TPSA) is 131 Å². The van der Waals surface area contributed by atoms with E-state index in [1.54, 1.807) is 9.80 Å². The molecule has 0 aromatic carbocycles. The molecule has 0 spiro atoms. The van der Waals surface area contributed by atoms with Crippen LogP contribution in [0.15, 0.2) is 0 Å². The average molecular weight is 469 g/mol. The van der Waals surface area contributed by atoms with E-state index in [2.05, 4.69) is 10.1 Å². The lowest BCUT2D eigenvalue weighted by atomic mass is 9.91. The van der Waals surface area contributed by atoms with E-state index >= 15 is 0 Å². The number of nitrogens with one attached hydrogen (secondary N) is 1. The van der Waals surface area contributed by atoms with Gasteiger partial charge in [0.15, 0.2) is 0 Å². The van der Waals surface area contributed by atoms with Crippen LogP contribution < -0.4 is 11.1 Å². The van der Waals surface area contributed by atoms with Gasteiger partial charge in [-0.05, 0) is 58.8 Å². The standard InChI is InChI=1S/C23H40N4O6/c1-23(2,3)33-22(31)26-12-9-16(10-13-26)7-8-19(28)27-11-5-6-17(15-27)20(29)25-14-18(24)21(30)32-4/h16-18H,5-15,24H2,1-4H3,(H,25,29)/t17-,18?/m1/s1. The van der Waals surface area contributed by atoms with Gasteiger partial charge in [0.1, 0.15) is 11.6 Å². The van der Waals surface area contributed by atoms with Gasteiger partial charge < -0.3 is 30.3 Å². The average Bonchev–Trinajstić information content (AvgIpc) is 2.79. The van der Waals surface area contributed by atoms with Crippen LogP contribution in [0.25, 0.3) is 0 Å². The summed E-state index contributed by atoms with van der Waals surface area (Å²) in [7, 11) is 1.25. The molecule has 3 amide bonds. The predicted molar refractivity (Wildman–Crippen MR) is 122 cm³/mol. The summed E-state index contributed by atoms with van der Waals surface area (Å²) in [5, 5.41) is 2.69. The van der Waals surface area contributed by atoms with Crippen molar-refractivity contribution in [2.45, 2.75) is 70.9 Å². The summed E-state index contributed by atoms with van der Waals surface area (Å²) >= 11 is 0. The Bertz CT molecular complexity index is 700. The Morgan fingerprint density at radius 2 is 1.73 bits per heavy atom. The fourth-order valence-electron chi connectivity index (χ4n) is 4.22. The number of carbonyl (C=O) groups excluding carboxylic acids is 4. The Morgan fingerprint density at radius 1 is 1.06 bits per heavy atom. The summed E-state index contributed by atoms with van der Waals surface area (Å²) in [5.41, 5.74) is 5.16. The van der Waals surface area contributed by atoms with E-state index in [1.807, 2.05) is 20.8 Å². The maximum atomic E-state index is 12.8. The minimum atomic E-state index is -0.901. The highest BCUT2D eigenvalue weighted by Crippen LogP contribution is 2.25. The molecule has 188 valence electrons. The van der Waals surface area contributed by atoms with Crippen molar-refractivity contribution >= 4 is 23.9 Å². The Morgan fingerprint density at radius 3 is 2.33 bits per heavy atom. The number of hydrogen-bond acceptors (Lipinski definition) is 7. The first-order chi connectivity index (χ1) is 15.5. The second-order valence-electron chi connectivity index (χ2n) is 10.0. The molecule has 2 rings (SSSR count). The molecule has 0 saturated carbocycles. The van der Waals surface area contributed by atoms with E-state index in [9.17, 15) is 19.2 Å². The van der Waals surface area contributed by atoms with Crippen LogP contribution in [-0.4, -0.2) is 85.2 Å². The second-order valence-corrected chi connectivity index (χ2v) is 10.0. The number of likely N-dealkylation sites (tertiary alicyclic amines) is 2. The van der Waals surface area contributed by atoms with Gasteiger partial charge in [-0.2, -0.15) is 0 Å². The molecular weight excluding hydrogens is 428 g/mol. The van der Waals surface area contributed by atoms with Gasteiger partial charge in [0, 0.05) is 39.1 Å². The lowest BCUT2D eigenvalue weighted by Gasteiger charge is -2.34. The fraction of sp³-hybridized carbons (Fsp3) is 0.826. The van der Waals surface area contributed by atoms with E-state index in [0.29, 0.717) is 44.9 Å². The molecule has 2 aliphatic heterocycles. The van der Waals surface area contributed by atoms with Crippen molar-refractivity contribution in [1.82, 2.24) is 15.1 Å². The minimum Gasteiger partial charge on any atom is -0.468 e. The molecule has 3 N–H and O–H groups in total. The molecule has 0 aliphatic carbocycles. The van der Waals surface area contributed by atoms with Gasteiger partial charge in [0.05, 0.1) is 13.0 Å². The van der Waals surface area contributed by atoms with Gasteiger partial charge >= 0.3 is 12.1 Å². The predicted octanol–water partition coefficient (Wildman–Crippen LogP) is 1.27. The SMILES string of the molecule is COC(=O)C(N)CNC(=O)[C@@H]1CCCN(C(=O)CCC2CCN(C(=O)OC(C)(C)C)CC2)C1. The summed E-state index contributed by atoms with van der Waals surface area (Å²) in [6.45, 7) is 7.91. The number of ether oxygens (including phenoxy) is 2. The van der Waals surface area contributed by atoms with Crippen LogP contribution in [0.5, 0.6) is 0 Å².